The molecule has 212 valence electrons. The zero-order valence-corrected chi connectivity index (χ0v) is 24.0. The molecule has 2 heterocycles. The number of nitrogens with two attached hydrogens (primary N) is 4. The zero-order valence-electron chi connectivity index (χ0n) is 24.0. The first kappa shape index (κ1) is 27.7. The number of hydrogen-bond donors (Lipinski definition) is 4. The van der Waals surface area contributed by atoms with Crippen LogP contribution in [-0.4, -0.2) is 35.2 Å². The standard InChI is InChI=1S/C31H38N10/c1-30(2)38-26(32)36-28(34)40(30)24-14-10-20(11-15-24)18-23(22-8-6-5-7-9-22)19-21-12-16-25(17-13-21)41-29(35)37-27(33)39-31(41,3)4/h5-17,23H,18-19H2,1-4H3,(H4,32,34,36,38)(H4,33,35,37,39). The van der Waals surface area contributed by atoms with E-state index in [9.17, 15) is 0 Å². The molecule has 10 heteroatoms. The van der Waals surface area contributed by atoms with Crippen molar-refractivity contribution >= 4 is 35.2 Å². The minimum atomic E-state index is -0.630. The van der Waals surface area contributed by atoms with E-state index in [0.717, 1.165) is 24.2 Å². The molecule has 3 aromatic rings. The van der Waals surface area contributed by atoms with Crippen LogP contribution >= 0.6 is 0 Å². The van der Waals surface area contributed by atoms with Gasteiger partial charge in [0.1, 0.15) is 11.3 Å². The molecule has 0 amide bonds. The molecule has 0 aliphatic carbocycles. The Kier molecular flexibility index (Phi) is 7.17. The Hall–Kier alpha value is -4.86. The van der Waals surface area contributed by atoms with Crippen LogP contribution in [0.2, 0.25) is 0 Å². The highest BCUT2D eigenvalue weighted by Gasteiger charge is 2.34. The van der Waals surface area contributed by atoms with Gasteiger partial charge in [0.15, 0.2) is 0 Å². The topological polar surface area (TPSA) is 160 Å². The van der Waals surface area contributed by atoms with Gasteiger partial charge in [0.2, 0.25) is 23.8 Å². The van der Waals surface area contributed by atoms with Gasteiger partial charge >= 0.3 is 0 Å². The molecule has 0 saturated heterocycles. The van der Waals surface area contributed by atoms with E-state index < -0.39 is 11.3 Å². The van der Waals surface area contributed by atoms with Gasteiger partial charge in [0.25, 0.3) is 0 Å². The fourth-order valence-electron chi connectivity index (χ4n) is 5.67. The molecule has 2 aliphatic heterocycles. The van der Waals surface area contributed by atoms with Gasteiger partial charge in [-0.2, -0.15) is 9.98 Å². The maximum Gasteiger partial charge on any atom is 0.220 e. The normalized spacial score (nSPS) is 18.0. The maximum atomic E-state index is 6.23. The molecule has 0 atom stereocenters. The van der Waals surface area contributed by atoms with E-state index in [-0.39, 0.29) is 17.8 Å². The SMILES string of the molecule is CC1(C)N=C(N)N=C(N)N1c1ccc(CC(Cc2ccc(N3C(N)=NC(N)=NC3(C)C)cc2)c2ccccc2)cc1. The Labute approximate surface area is 241 Å². The highest BCUT2D eigenvalue weighted by molar-refractivity contribution is 6.06. The summed E-state index contributed by atoms with van der Waals surface area (Å²) in [5.41, 5.74) is 28.5. The summed E-state index contributed by atoms with van der Waals surface area (Å²) in [6.07, 6.45) is 1.74. The average molecular weight is 551 g/mol. The van der Waals surface area contributed by atoms with Crippen molar-refractivity contribution in [1.29, 1.82) is 0 Å². The molecule has 0 spiro atoms. The van der Waals surface area contributed by atoms with Crippen molar-refractivity contribution in [2.45, 2.75) is 57.8 Å². The van der Waals surface area contributed by atoms with Crippen LogP contribution in [0.4, 0.5) is 11.4 Å². The third-order valence-corrected chi connectivity index (χ3v) is 7.41. The first-order valence-electron chi connectivity index (χ1n) is 13.7. The van der Waals surface area contributed by atoms with Crippen molar-refractivity contribution in [3.05, 3.63) is 95.6 Å². The maximum absolute atomic E-state index is 6.23. The highest BCUT2D eigenvalue weighted by Crippen LogP contribution is 2.32. The van der Waals surface area contributed by atoms with Crippen LogP contribution in [-0.2, 0) is 12.8 Å². The first-order chi connectivity index (χ1) is 19.4. The molecule has 8 N–H and O–H groups in total. The number of anilines is 2. The Morgan fingerprint density at radius 2 is 0.976 bits per heavy atom. The molecule has 3 aromatic carbocycles. The van der Waals surface area contributed by atoms with E-state index in [4.69, 9.17) is 22.9 Å². The molecule has 0 unspecified atom stereocenters. The van der Waals surface area contributed by atoms with Crippen molar-refractivity contribution in [1.82, 2.24) is 0 Å². The van der Waals surface area contributed by atoms with Gasteiger partial charge in [0.05, 0.1) is 0 Å². The molecule has 0 aromatic heterocycles. The van der Waals surface area contributed by atoms with Crippen LogP contribution in [0.25, 0.3) is 0 Å². The summed E-state index contributed by atoms with van der Waals surface area (Å²) in [6.45, 7) is 7.84. The first-order valence-corrected chi connectivity index (χ1v) is 13.7. The summed E-state index contributed by atoms with van der Waals surface area (Å²) >= 11 is 0. The van der Waals surface area contributed by atoms with Crippen LogP contribution in [0.5, 0.6) is 0 Å². The zero-order chi connectivity index (χ0) is 29.4. The predicted molar refractivity (Wildman–Crippen MR) is 169 cm³/mol. The summed E-state index contributed by atoms with van der Waals surface area (Å²) in [4.78, 5) is 21.0. The second kappa shape index (κ2) is 10.6. The van der Waals surface area contributed by atoms with E-state index in [2.05, 4.69) is 92.8 Å². The average Bonchev–Trinajstić information content (AvgIpc) is 2.88. The van der Waals surface area contributed by atoms with Crippen molar-refractivity contribution in [2.75, 3.05) is 9.80 Å². The Morgan fingerprint density at radius 1 is 0.585 bits per heavy atom. The van der Waals surface area contributed by atoms with Crippen LogP contribution < -0.4 is 32.7 Å². The summed E-state index contributed by atoms with van der Waals surface area (Å²) in [5.74, 6) is 1.31. The van der Waals surface area contributed by atoms with E-state index >= 15 is 0 Å². The number of aliphatic imine (C=N–C) groups is 4. The van der Waals surface area contributed by atoms with Crippen molar-refractivity contribution < 1.29 is 0 Å². The molecule has 0 fully saturated rings. The molecule has 0 saturated carbocycles. The lowest BCUT2D eigenvalue weighted by molar-refractivity contribution is 0.533. The molecule has 0 radical (unpaired) electrons. The number of benzene rings is 3. The van der Waals surface area contributed by atoms with E-state index in [1.165, 1.54) is 16.7 Å². The lowest BCUT2D eigenvalue weighted by Crippen LogP contribution is -2.54. The minimum absolute atomic E-state index is 0.188. The second-order valence-corrected chi connectivity index (χ2v) is 11.4. The third kappa shape index (κ3) is 5.86. The molecule has 0 bridgehead atoms. The number of guanidine groups is 4. The number of rotatable bonds is 7. The van der Waals surface area contributed by atoms with E-state index in [1.807, 2.05) is 43.6 Å². The van der Waals surface area contributed by atoms with Crippen molar-refractivity contribution in [3.8, 4) is 0 Å². The largest absolute Gasteiger partial charge is 0.369 e. The fourth-order valence-corrected chi connectivity index (χ4v) is 5.67. The van der Waals surface area contributed by atoms with Crippen LogP contribution in [0.15, 0.2) is 98.8 Å². The van der Waals surface area contributed by atoms with Gasteiger partial charge in [-0.1, -0.05) is 54.6 Å². The van der Waals surface area contributed by atoms with Gasteiger partial charge < -0.3 is 22.9 Å². The Bertz CT molecular complexity index is 1420. The van der Waals surface area contributed by atoms with Crippen molar-refractivity contribution in [3.63, 3.8) is 0 Å². The quantitative estimate of drug-likeness (QED) is 0.351. The monoisotopic (exact) mass is 550 g/mol. The molecule has 41 heavy (non-hydrogen) atoms. The van der Waals surface area contributed by atoms with Gasteiger partial charge in [-0.25, -0.2) is 9.98 Å². The van der Waals surface area contributed by atoms with Gasteiger partial charge in [-0.3, -0.25) is 9.80 Å². The molecule has 2 aliphatic rings. The number of nitrogens with zero attached hydrogens (tertiary/aromatic N) is 6. The summed E-state index contributed by atoms with van der Waals surface area (Å²) in [5, 5.41) is 0. The van der Waals surface area contributed by atoms with E-state index in [1.54, 1.807) is 0 Å². The second-order valence-electron chi connectivity index (χ2n) is 11.4. The lowest BCUT2D eigenvalue weighted by atomic mass is 9.86. The summed E-state index contributed by atoms with van der Waals surface area (Å²) < 4.78 is 0. The van der Waals surface area contributed by atoms with Crippen molar-refractivity contribution in [2.24, 2.45) is 42.9 Å². The predicted octanol–water partition coefficient (Wildman–Crippen LogP) is 3.63. The lowest BCUT2D eigenvalue weighted by Gasteiger charge is -2.38. The van der Waals surface area contributed by atoms with Crippen LogP contribution in [0.3, 0.4) is 0 Å². The van der Waals surface area contributed by atoms with Crippen LogP contribution in [0, 0.1) is 0 Å². The fraction of sp³-hybridized carbons (Fsp3) is 0.290. The minimum Gasteiger partial charge on any atom is -0.369 e. The molecular formula is C31H38N10. The van der Waals surface area contributed by atoms with Crippen LogP contribution in [0.1, 0.15) is 50.3 Å². The van der Waals surface area contributed by atoms with Gasteiger partial charge in [0, 0.05) is 11.4 Å². The highest BCUT2D eigenvalue weighted by atomic mass is 15.4. The molecule has 10 nitrogen and oxygen atoms in total. The third-order valence-electron chi connectivity index (χ3n) is 7.41. The van der Waals surface area contributed by atoms with Gasteiger partial charge in [-0.05, 0) is 87.4 Å². The number of hydrogen-bond acceptors (Lipinski definition) is 10. The molecular weight excluding hydrogens is 512 g/mol. The van der Waals surface area contributed by atoms with Gasteiger partial charge in [-0.15, -0.1) is 0 Å². The summed E-state index contributed by atoms with van der Waals surface area (Å²) in [6, 6.07) is 27.5. The smallest absolute Gasteiger partial charge is 0.220 e. The summed E-state index contributed by atoms with van der Waals surface area (Å²) in [7, 11) is 0. The Balaban J connectivity index is 1.36. The molecule has 5 rings (SSSR count). The van der Waals surface area contributed by atoms with E-state index in [0.29, 0.717) is 11.9 Å². The Morgan fingerprint density at radius 3 is 1.34 bits per heavy atom.